The van der Waals surface area contributed by atoms with Gasteiger partial charge in [-0.15, -0.1) is 0 Å². The van der Waals surface area contributed by atoms with Crippen LogP contribution in [0.5, 0.6) is 0 Å². The molecule has 0 spiro atoms. The van der Waals surface area contributed by atoms with Crippen LogP contribution in [0.25, 0.3) is 5.82 Å². The highest BCUT2D eigenvalue weighted by Gasteiger charge is 2.31. The first-order valence-electron chi connectivity index (χ1n) is 8.56. The molecule has 3 aromatic rings. The number of hydrogen-bond donors (Lipinski definition) is 0. The molecule has 0 N–H and O–H groups in total. The van der Waals surface area contributed by atoms with E-state index in [4.69, 9.17) is 4.74 Å². The quantitative estimate of drug-likeness (QED) is 0.692. The van der Waals surface area contributed by atoms with Crippen molar-refractivity contribution in [3.05, 3.63) is 72.7 Å². The van der Waals surface area contributed by atoms with E-state index in [1.165, 1.54) is 0 Å². The lowest BCUT2D eigenvalue weighted by molar-refractivity contribution is 0.0315. The zero-order valence-electron chi connectivity index (χ0n) is 14.3. The van der Waals surface area contributed by atoms with Gasteiger partial charge in [0.1, 0.15) is 22.0 Å². The van der Waals surface area contributed by atoms with E-state index in [2.05, 4.69) is 14.9 Å². The van der Waals surface area contributed by atoms with Gasteiger partial charge in [0.05, 0.1) is 13.2 Å². The maximum atomic E-state index is 13.6. The Morgan fingerprint density at radius 1 is 0.962 bits per heavy atom. The van der Waals surface area contributed by atoms with Crippen LogP contribution in [0, 0.1) is 0 Å². The Morgan fingerprint density at radius 3 is 2.46 bits per heavy atom. The summed E-state index contributed by atoms with van der Waals surface area (Å²) in [7, 11) is -1.37. The molecule has 1 aliphatic rings. The van der Waals surface area contributed by atoms with Gasteiger partial charge in [-0.1, -0.05) is 36.4 Å². The number of aromatic nitrogens is 3. The van der Waals surface area contributed by atoms with Crippen LogP contribution in [0.15, 0.2) is 72.3 Å². The third kappa shape index (κ3) is 3.46. The average Bonchev–Trinajstić information content (AvgIpc) is 3.20. The molecule has 3 heterocycles. The minimum absolute atomic E-state index is 0.273. The zero-order valence-corrected chi connectivity index (χ0v) is 15.1. The van der Waals surface area contributed by atoms with E-state index in [-0.39, 0.29) is 5.37 Å². The predicted octanol–water partition coefficient (Wildman–Crippen LogP) is 2.41. The molecule has 1 aromatic carbocycles. The fraction of sp³-hybridized carbons (Fsp3) is 0.263. The summed E-state index contributed by atoms with van der Waals surface area (Å²) in [5.74, 6) is 0.710. The fourth-order valence-electron chi connectivity index (χ4n) is 3.11. The van der Waals surface area contributed by atoms with Crippen LogP contribution in [-0.2, 0) is 15.5 Å². The van der Waals surface area contributed by atoms with Gasteiger partial charge in [0.15, 0.2) is 0 Å². The molecule has 26 heavy (non-hydrogen) atoms. The highest BCUT2D eigenvalue weighted by Crippen LogP contribution is 2.29. The summed E-state index contributed by atoms with van der Waals surface area (Å²) >= 11 is 0. The van der Waals surface area contributed by atoms with Crippen LogP contribution in [0.3, 0.4) is 0 Å². The largest absolute Gasteiger partial charge is 0.379 e. The molecule has 4 rings (SSSR count). The number of pyridine rings is 1. The summed E-state index contributed by atoms with van der Waals surface area (Å²) in [6.45, 7) is 2.79. The van der Waals surface area contributed by atoms with Gasteiger partial charge in [0.2, 0.25) is 5.16 Å². The third-order valence-corrected chi connectivity index (χ3v) is 5.99. The van der Waals surface area contributed by atoms with Crippen LogP contribution in [0.4, 0.5) is 0 Å². The summed E-state index contributed by atoms with van der Waals surface area (Å²) in [5, 5.41) is 0.231. The molecule has 1 aliphatic heterocycles. The first-order valence-corrected chi connectivity index (χ1v) is 9.78. The van der Waals surface area contributed by atoms with Crippen molar-refractivity contribution >= 4 is 10.8 Å². The summed E-state index contributed by atoms with van der Waals surface area (Å²) in [4.78, 5) is 11.0. The monoisotopic (exact) mass is 368 g/mol. The third-order valence-electron chi connectivity index (χ3n) is 4.35. The molecule has 0 radical (unpaired) electrons. The van der Waals surface area contributed by atoms with Crippen molar-refractivity contribution in [2.24, 2.45) is 0 Å². The number of ether oxygens (including phenoxy) is 1. The lowest BCUT2D eigenvalue weighted by Gasteiger charge is -2.33. The van der Waals surface area contributed by atoms with Crippen molar-refractivity contribution in [3.63, 3.8) is 0 Å². The van der Waals surface area contributed by atoms with Crippen molar-refractivity contribution in [2.45, 2.75) is 10.5 Å². The topological polar surface area (TPSA) is 60.2 Å². The van der Waals surface area contributed by atoms with Crippen LogP contribution in [-0.4, -0.2) is 49.9 Å². The van der Waals surface area contributed by atoms with Gasteiger partial charge >= 0.3 is 0 Å². The lowest BCUT2D eigenvalue weighted by Crippen LogP contribution is -2.41. The molecule has 0 saturated carbocycles. The molecule has 1 fully saturated rings. The number of benzene rings is 1. The smallest absolute Gasteiger partial charge is 0.206 e. The van der Waals surface area contributed by atoms with Gasteiger partial charge in [0, 0.05) is 31.7 Å². The van der Waals surface area contributed by atoms with Gasteiger partial charge < -0.3 is 4.74 Å². The molecular weight excluding hydrogens is 348 g/mol. The zero-order chi connectivity index (χ0) is 17.8. The Kier molecular flexibility index (Phi) is 5.19. The normalized spacial score (nSPS) is 17.7. The first-order chi connectivity index (χ1) is 12.8. The summed E-state index contributed by atoms with van der Waals surface area (Å²) in [6.07, 6.45) is 5.19. The molecule has 0 aliphatic carbocycles. The van der Waals surface area contributed by atoms with E-state index in [1.807, 2.05) is 48.5 Å². The molecule has 2 aromatic heterocycles. The Bertz CT molecular complexity index is 864. The number of nitrogens with zero attached hydrogens (tertiary/aromatic N) is 4. The number of hydrogen-bond acceptors (Lipinski definition) is 5. The first kappa shape index (κ1) is 17.1. The number of morpholine rings is 1. The van der Waals surface area contributed by atoms with Crippen LogP contribution in [0.2, 0.25) is 0 Å². The Morgan fingerprint density at radius 2 is 1.73 bits per heavy atom. The maximum Gasteiger partial charge on any atom is 0.206 e. The second kappa shape index (κ2) is 7.90. The highest BCUT2D eigenvalue weighted by molar-refractivity contribution is 7.85. The molecule has 0 amide bonds. The molecule has 1 saturated heterocycles. The minimum Gasteiger partial charge on any atom is -0.379 e. The molecule has 0 bridgehead atoms. The SMILES string of the molecule is O=S(c1nccn1-c1ccccn1)C(c1ccccc1)N1CCOCC1. The Balaban J connectivity index is 1.73. The minimum atomic E-state index is -1.37. The van der Waals surface area contributed by atoms with E-state index < -0.39 is 10.8 Å². The fourth-order valence-corrected chi connectivity index (χ4v) is 4.71. The summed E-state index contributed by atoms with van der Waals surface area (Å²) < 4.78 is 20.9. The van der Waals surface area contributed by atoms with Crippen molar-refractivity contribution in [3.8, 4) is 5.82 Å². The number of rotatable bonds is 5. The van der Waals surface area contributed by atoms with Crippen molar-refractivity contribution in [2.75, 3.05) is 26.3 Å². The molecule has 6 nitrogen and oxygen atoms in total. The molecule has 7 heteroatoms. The van der Waals surface area contributed by atoms with Crippen molar-refractivity contribution in [1.29, 1.82) is 0 Å². The van der Waals surface area contributed by atoms with E-state index in [0.29, 0.717) is 24.2 Å². The standard InChI is InChI=1S/C19H20N4O2S/c24-26(19-21-10-11-23(19)17-8-4-5-9-20-17)18(16-6-2-1-3-7-16)22-12-14-25-15-13-22/h1-11,18H,12-15H2. The molecule has 2 unspecified atom stereocenters. The van der Waals surface area contributed by atoms with Gasteiger partial charge in [-0.25, -0.2) is 14.2 Å². The van der Waals surface area contributed by atoms with Crippen LogP contribution >= 0.6 is 0 Å². The van der Waals surface area contributed by atoms with E-state index in [9.17, 15) is 4.21 Å². The van der Waals surface area contributed by atoms with Gasteiger partial charge in [-0.05, 0) is 17.7 Å². The Labute approximate surface area is 154 Å². The van der Waals surface area contributed by atoms with Crippen LogP contribution in [0.1, 0.15) is 10.9 Å². The van der Waals surface area contributed by atoms with E-state index in [0.717, 1.165) is 18.7 Å². The van der Waals surface area contributed by atoms with Crippen molar-refractivity contribution in [1.82, 2.24) is 19.4 Å². The molecule has 134 valence electrons. The Hall–Kier alpha value is -2.35. The van der Waals surface area contributed by atoms with Crippen molar-refractivity contribution < 1.29 is 8.95 Å². The lowest BCUT2D eigenvalue weighted by atomic mass is 10.2. The van der Waals surface area contributed by atoms with E-state index >= 15 is 0 Å². The van der Waals surface area contributed by atoms with Gasteiger partial charge in [-0.3, -0.25) is 9.47 Å². The second-order valence-electron chi connectivity index (χ2n) is 5.98. The highest BCUT2D eigenvalue weighted by atomic mass is 32.2. The van der Waals surface area contributed by atoms with Gasteiger partial charge in [-0.2, -0.15) is 0 Å². The van der Waals surface area contributed by atoms with Crippen LogP contribution < -0.4 is 0 Å². The molecular formula is C19H20N4O2S. The summed E-state index contributed by atoms with van der Waals surface area (Å²) in [6, 6.07) is 15.6. The van der Waals surface area contributed by atoms with E-state index in [1.54, 1.807) is 23.2 Å². The second-order valence-corrected chi connectivity index (χ2v) is 7.38. The van der Waals surface area contributed by atoms with Gasteiger partial charge in [0.25, 0.3) is 0 Å². The molecule has 2 atom stereocenters. The number of imidazole rings is 1. The average molecular weight is 368 g/mol. The summed E-state index contributed by atoms with van der Waals surface area (Å²) in [5.41, 5.74) is 1.02. The predicted molar refractivity (Wildman–Crippen MR) is 99.3 cm³/mol. The maximum absolute atomic E-state index is 13.6.